The van der Waals surface area contributed by atoms with Crippen LogP contribution in [0.15, 0.2) is 42.7 Å². The van der Waals surface area contributed by atoms with Crippen LogP contribution in [0.1, 0.15) is 12.0 Å². The summed E-state index contributed by atoms with van der Waals surface area (Å²) in [5, 5.41) is 8.07. The molecule has 1 aliphatic heterocycles. The van der Waals surface area contributed by atoms with Crippen LogP contribution in [-0.4, -0.2) is 54.1 Å². The summed E-state index contributed by atoms with van der Waals surface area (Å²) in [7, 11) is 1.76. The maximum atomic E-state index is 5.14. The third-order valence-corrected chi connectivity index (χ3v) is 4.14. The van der Waals surface area contributed by atoms with E-state index in [-0.39, 0.29) is 0 Å². The number of hydrogen-bond donors (Lipinski definition) is 1. The number of ether oxygens (including phenoxy) is 1. The van der Waals surface area contributed by atoms with Crippen molar-refractivity contribution in [2.75, 3.05) is 33.4 Å². The van der Waals surface area contributed by atoms with E-state index in [1.54, 1.807) is 7.11 Å². The first-order valence-electron chi connectivity index (χ1n) is 7.89. The second-order valence-corrected chi connectivity index (χ2v) is 5.79. The number of nitrogens with one attached hydrogen (secondary N) is 1. The van der Waals surface area contributed by atoms with Crippen LogP contribution in [0.4, 0.5) is 0 Å². The van der Waals surface area contributed by atoms with Gasteiger partial charge in [-0.2, -0.15) is 5.10 Å². The number of para-hydroxylation sites is 1. The predicted octanol–water partition coefficient (Wildman–Crippen LogP) is 1.68. The van der Waals surface area contributed by atoms with Crippen LogP contribution in [-0.2, 0) is 11.3 Å². The lowest BCUT2D eigenvalue weighted by atomic mass is 10.2. The third kappa shape index (κ3) is 3.94. The summed E-state index contributed by atoms with van der Waals surface area (Å²) in [6, 6.07) is 10.8. The molecule has 5 nitrogen and oxygen atoms in total. The van der Waals surface area contributed by atoms with E-state index < -0.39 is 0 Å². The predicted molar refractivity (Wildman–Crippen MR) is 87.1 cm³/mol. The van der Waals surface area contributed by atoms with Gasteiger partial charge < -0.3 is 10.1 Å². The van der Waals surface area contributed by atoms with E-state index in [4.69, 9.17) is 4.74 Å². The molecule has 22 heavy (non-hydrogen) atoms. The van der Waals surface area contributed by atoms with Crippen LogP contribution in [0.3, 0.4) is 0 Å². The van der Waals surface area contributed by atoms with Crippen molar-refractivity contribution < 1.29 is 4.74 Å². The molecule has 0 aliphatic carbocycles. The Morgan fingerprint density at radius 1 is 1.32 bits per heavy atom. The molecule has 1 fully saturated rings. The Kier molecular flexibility index (Phi) is 5.21. The summed E-state index contributed by atoms with van der Waals surface area (Å²) in [5.41, 5.74) is 2.32. The van der Waals surface area contributed by atoms with Crippen molar-refractivity contribution in [1.29, 1.82) is 0 Å². The second-order valence-electron chi connectivity index (χ2n) is 5.79. The molecule has 1 saturated heterocycles. The first-order chi connectivity index (χ1) is 10.8. The van der Waals surface area contributed by atoms with E-state index in [0.717, 1.165) is 38.5 Å². The molecule has 1 N–H and O–H groups in total. The summed E-state index contributed by atoms with van der Waals surface area (Å²) in [6.45, 7) is 4.98. The van der Waals surface area contributed by atoms with Gasteiger partial charge in [0.2, 0.25) is 0 Å². The van der Waals surface area contributed by atoms with Crippen molar-refractivity contribution in [3.05, 3.63) is 48.3 Å². The molecule has 1 atom stereocenters. The van der Waals surface area contributed by atoms with Gasteiger partial charge in [0.25, 0.3) is 0 Å². The van der Waals surface area contributed by atoms with E-state index in [1.807, 2.05) is 29.1 Å². The standard InChI is InChI=1S/C17H24N4O/c1-22-10-9-20-8-7-16(14-20)18-11-15-12-19-21(13-15)17-5-3-2-4-6-17/h2-6,12-13,16,18H,7-11,14H2,1H3/t16-/m1/s1. The quantitative estimate of drug-likeness (QED) is 0.845. The fourth-order valence-electron chi connectivity index (χ4n) is 2.86. The van der Waals surface area contributed by atoms with Gasteiger partial charge in [-0.15, -0.1) is 0 Å². The minimum Gasteiger partial charge on any atom is -0.383 e. The largest absolute Gasteiger partial charge is 0.383 e. The van der Waals surface area contributed by atoms with Crippen molar-refractivity contribution in [3.8, 4) is 5.69 Å². The number of hydrogen-bond acceptors (Lipinski definition) is 4. The SMILES string of the molecule is COCCN1CC[C@@H](NCc2cnn(-c3ccccc3)c2)C1. The van der Waals surface area contributed by atoms with Gasteiger partial charge in [-0.3, -0.25) is 4.90 Å². The molecule has 2 aromatic rings. The van der Waals surface area contributed by atoms with Gasteiger partial charge in [0, 0.05) is 44.5 Å². The number of aromatic nitrogens is 2. The molecule has 0 radical (unpaired) electrons. The van der Waals surface area contributed by atoms with Crippen LogP contribution in [0.2, 0.25) is 0 Å². The first-order valence-corrected chi connectivity index (χ1v) is 7.89. The Labute approximate surface area is 131 Å². The van der Waals surface area contributed by atoms with Gasteiger partial charge in [0.15, 0.2) is 0 Å². The third-order valence-electron chi connectivity index (χ3n) is 4.14. The van der Waals surface area contributed by atoms with Gasteiger partial charge in [0.05, 0.1) is 18.5 Å². The Balaban J connectivity index is 1.48. The highest BCUT2D eigenvalue weighted by atomic mass is 16.5. The molecule has 2 heterocycles. The highest BCUT2D eigenvalue weighted by Crippen LogP contribution is 2.11. The van der Waals surface area contributed by atoms with Crippen LogP contribution >= 0.6 is 0 Å². The average Bonchev–Trinajstić information content (AvgIpc) is 3.21. The zero-order chi connectivity index (χ0) is 15.2. The summed E-state index contributed by atoms with van der Waals surface area (Å²) in [4.78, 5) is 2.45. The van der Waals surface area contributed by atoms with Crippen molar-refractivity contribution in [2.45, 2.75) is 19.0 Å². The van der Waals surface area contributed by atoms with Crippen LogP contribution in [0.5, 0.6) is 0 Å². The number of likely N-dealkylation sites (tertiary alicyclic amines) is 1. The average molecular weight is 300 g/mol. The molecular weight excluding hydrogens is 276 g/mol. The number of nitrogens with zero attached hydrogens (tertiary/aromatic N) is 3. The van der Waals surface area contributed by atoms with Crippen molar-refractivity contribution >= 4 is 0 Å². The molecule has 1 aromatic heterocycles. The lowest BCUT2D eigenvalue weighted by Crippen LogP contribution is -2.33. The molecule has 0 spiro atoms. The molecule has 1 aromatic carbocycles. The Morgan fingerprint density at radius 3 is 3.00 bits per heavy atom. The Hall–Kier alpha value is -1.69. The van der Waals surface area contributed by atoms with Gasteiger partial charge >= 0.3 is 0 Å². The Bertz CT molecular complexity index is 569. The number of benzene rings is 1. The van der Waals surface area contributed by atoms with E-state index in [0.29, 0.717) is 6.04 Å². The van der Waals surface area contributed by atoms with E-state index in [2.05, 4.69) is 33.6 Å². The van der Waals surface area contributed by atoms with E-state index in [9.17, 15) is 0 Å². The minimum atomic E-state index is 0.567. The number of rotatable bonds is 7. The van der Waals surface area contributed by atoms with Gasteiger partial charge in [-0.1, -0.05) is 18.2 Å². The van der Waals surface area contributed by atoms with Crippen molar-refractivity contribution in [2.24, 2.45) is 0 Å². The molecule has 0 bridgehead atoms. The number of methoxy groups -OCH3 is 1. The van der Waals surface area contributed by atoms with Crippen LogP contribution < -0.4 is 5.32 Å². The highest BCUT2D eigenvalue weighted by Gasteiger charge is 2.21. The minimum absolute atomic E-state index is 0.567. The van der Waals surface area contributed by atoms with Gasteiger partial charge in [0.1, 0.15) is 0 Å². The maximum absolute atomic E-state index is 5.14. The maximum Gasteiger partial charge on any atom is 0.0645 e. The Morgan fingerprint density at radius 2 is 2.18 bits per heavy atom. The fraction of sp³-hybridized carbons (Fsp3) is 0.471. The second kappa shape index (κ2) is 7.54. The van der Waals surface area contributed by atoms with Crippen molar-refractivity contribution in [1.82, 2.24) is 20.0 Å². The molecular formula is C17H24N4O. The molecule has 0 saturated carbocycles. The van der Waals surface area contributed by atoms with E-state index in [1.165, 1.54) is 12.0 Å². The molecule has 1 aliphatic rings. The fourth-order valence-corrected chi connectivity index (χ4v) is 2.86. The van der Waals surface area contributed by atoms with Gasteiger partial charge in [-0.05, 0) is 25.1 Å². The normalized spacial score (nSPS) is 18.9. The topological polar surface area (TPSA) is 42.3 Å². The molecule has 5 heteroatoms. The zero-order valence-corrected chi connectivity index (χ0v) is 13.1. The van der Waals surface area contributed by atoms with E-state index >= 15 is 0 Å². The first kappa shape index (κ1) is 15.2. The van der Waals surface area contributed by atoms with Crippen molar-refractivity contribution in [3.63, 3.8) is 0 Å². The molecule has 3 rings (SSSR count). The van der Waals surface area contributed by atoms with Gasteiger partial charge in [-0.25, -0.2) is 4.68 Å². The molecule has 0 amide bonds. The van der Waals surface area contributed by atoms with Crippen LogP contribution in [0.25, 0.3) is 5.69 Å². The monoisotopic (exact) mass is 300 g/mol. The zero-order valence-electron chi connectivity index (χ0n) is 13.1. The smallest absolute Gasteiger partial charge is 0.0645 e. The summed E-state index contributed by atoms with van der Waals surface area (Å²) < 4.78 is 7.07. The summed E-state index contributed by atoms with van der Waals surface area (Å²) in [5.74, 6) is 0. The summed E-state index contributed by atoms with van der Waals surface area (Å²) >= 11 is 0. The lowest BCUT2D eigenvalue weighted by molar-refractivity contribution is 0.159. The lowest BCUT2D eigenvalue weighted by Gasteiger charge is -2.15. The molecule has 118 valence electrons. The highest BCUT2D eigenvalue weighted by molar-refractivity contribution is 5.30. The molecule has 0 unspecified atom stereocenters. The van der Waals surface area contributed by atoms with Crippen LogP contribution in [0, 0.1) is 0 Å². The summed E-state index contributed by atoms with van der Waals surface area (Å²) in [6.07, 6.45) is 5.24.